The Hall–Kier alpha value is -1.69. The predicted octanol–water partition coefficient (Wildman–Crippen LogP) is 3.24. The highest BCUT2D eigenvalue weighted by molar-refractivity contribution is 7.09. The number of nitrogens with zero attached hydrogens (tertiary/aromatic N) is 3. The highest BCUT2D eigenvalue weighted by Gasteiger charge is 2.04. The summed E-state index contributed by atoms with van der Waals surface area (Å²) in [6.45, 7) is 7.83. The number of aromatic nitrogens is 3. The molecule has 2 aromatic heterocycles. The Morgan fingerprint density at radius 2 is 1.85 bits per heavy atom. The van der Waals surface area contributed by atoms with Crippen LogP contribution in [0.4, 0.5) is 11.6 Å². The molecule has 0 radical (unpaired) electrons. The van der Waals surface area contributed by atoms with Gasteiger partial charge in [0, 0.05) is 24.4 Å². The van der Waals surface area contributed by atoms with Gasteiger partial charge >= 0.3 is 0 Å². The molecule has 0 saturated heterocycles. The van der Waals surface area contributed by atoms with E-state index in [0.717, 1.165) is 47.5 Å². The third-order valence-electron chi connectivity index (χ3n) is 2.76. The van der Waals surface area contributed by atoms with Gasteiger partial charge in [0.25, 0.3) is 0 Å². The lowest BCUT2D eigenvalue weighted by atomic mass is 10.4. The summed E-state index contributed by atoms with van der Waals surface area (Å²) in [4.78, 5) is 13.4. The van der Waals surface area contributed by atoms with Crippen LogP contribution in [-0.2, 0) is 13.0 Å². The van der Waals surface area contributed by atoms with Crippen molar-refractivity contribution in [1.82, 2.24) is 15.0 Å². The number of anilines is 2. The van der Waals surface area contributed by atoms with E-state index in [-0.39, 0.29) is 0 Å². The van der Waals surface area contributed by atoms with Crippen molar-refractivity contribution in [3.8, 4) is 0 Å². The zero-order chi connectivity index (χ0) is 14.4. The minimum atomic E-state index is 0.692. The van der Waals surface area contributed by atoms with Crippen molar-refractivity contribution in [2.24, 2.45) is 0 Å². The van der Waals surface area contributed by atoms with Gasteiger partial charge in [-0.1, -0.05) is 13.8 Å². The molecule has 0 aliphatic rings. The summed E-state index contributed by atoms with van der Waals surface area (Å²) in [6, 6.07) is 1.95. The van der Waals surface area contributed by atoms with Crippen LogP contribution in [0.1, 0.15) is 36.8 Å². The van der Waals surface area contributed by atoms with Gasteiger partial charge in [-0.15, -0.1) is 11.3 Å². The fraction of sp³-hybridized carbons (Fsp3) is 0.500. The van der Waals surface area contributed by atoms with Crippen molar-refractivity contribution >= 4 is 23.0 Å². The Morgan fingerprint density at radius 1 is 1.10 bits per heavy atom. The first-order valence-electron chi connectivity index (χ1n) is 6.98. The minimum Gasteiger partial charge on any atom is -0.370 e. The SMILES string of the molecule is CCCNc1cc(NCc2csc(C)n2)nc(CC)n1. The molecule has 0 aromatic carbocycles. The highest BCUT2D eigenvalue weighted by atomic mass is 32.1. The maximum Gasteiger partial charge on any atom is 0.132 e. The van der Waals surface area contributed by atoms with Gasteiger partial charge in [-0.25, -0.2) is 15.0 Å². The lowest BCUT2D eigenvalue weighted by Gasteiger charge is -2.09. The first kappa shape index (κ1) is 14.7. The average molecular weight is 291 g/mol. The van der Waals surface area contributed by atoms with Crippen LogP contribution in [0.25, 0.3) is 0 Å². The van der Waals surface area contributed by atoms with Crippen LogP contribution in [0.3, 0.4) is 0 Å². The largest absolute Gasteiger partial charge is 0.370 e. The molecule has 0 amide bonds. The first-order valence-corrected chi connectivity index (χ1v) is 7.86. The van der Waals surface area contributed by atoms with E-state index < -0.39 is 0 Å². The summed E-state index contributed by atoms with van der Waals surface area (Å²) in [7, 11) is 0. The topological polar surface area (TPSA) is 62.7 Å². The third-order valence-corrected chi connectivity index (χ3v) is 3.58. The van der Waals surface area contributed by atoms with Gasteiger partial charge in [0.15, 0.2) is 0 Å². The monoisotopic (exact) mass is 291 g/mol. The molecule has 108 valence electrons. The number of hydrogen-bond acceptors (Lipinski definition) is 6. The standard InChI is InChI=1S/C14H21N5S/c1-4-6-15-13-7-14(19-12(5-2)18-13)16-8-11-9-20-10(3)17-11/h7,9H,4-6,8H2,1-3H3,(H2,15,16,18,19). The summed E-state index contributed by atoms with van der Waals surface area (Å²) in [5.41, 5.74) is 1.05. The number of thiazole rings is 1. The molecule has 0 bridgehead atoms. The molecular weight excluding hydrogens is 270 g/mol. The fourth-order valence-corrected chi connectivity index (χ4v) is 2.37. The zero-order valence-corrected chi connectivity index (χ0v) is 13.0. The molecule has 0 saturated carbocycles. The molecule has 20 heavy (non-hydrogen) atoms. The molecular formula is C14H21N5S. The van der Waals surface area contributed by atoms with Crippen LogP contribution in [0.5, 0.6) is 0 Å². The molecule has 2 heterocycles. The van der Waals surface area contributed by atoms with E-state index in [1.807, 2.05) is 13.0 Å². The van der Waals surface area contributed by atoms with E-state index in [9.17, 15) is 0 Å². The maximum absolute atomic E-state index is 4.50. The van der Waals surface area contributed by atoms with Crippen molar-refractivity contribution in [3.05, 3.63) is 28.0 Å². The van der Waals surface area contributed by atoms with Gasteiger partial charge in [0.2, 0.25) is 0 Å². The Balaban J connectivity index is 2.05. The quantitative estimate of drug-likeness (QED) is 0.820. The first-order chi connectivity index (χ1) is 9.71. The third kappa shape index (κ3) is 4.16. The van der Waals surface area contributed by atoms with Gasteiger partial charge in [0.05, 0.1) is 17.2 Å². The van der Waals surface area contributed by atoms with Crippen molar-refractivity contribution in [2.75, 3.05) is 17.2 Å². The number of hydrogen-bond donors (Lipinski definition) is 2. The van der Waals surface area contributed by atoms with E-state index in [1.165, 1.54) is 0 Å². The molecule has 0 unspecified atom stereocenters. The second-order valence-electron chi connectivity index (χ2n) is 4.55. The Kier molecular flexibility index (Phi) is 5.29. The smallest absolute Gasteiger partial charge is 0.132 e. The molecule has 0 spiro atoms. The van der Waals surface area contributed by atoms with Crippen LogP contribution in [-0.4, -0.2) is 21.5 Å². The summed E-state index contributed by atoms with van der Waals surface area (Å²) in [5, 5.41) is 9.78. The van der Waals surface area contributed by atoms with Crippen LogP contribution in [0, 0.1) is 6.92 Å². The number of nitrogens with one attached hydrogen (secondary N) is 2. The van der Waals surface area contributed by atoms with Crippen LogP contribution in [0.15, 0.2) is 11.4 Å². The van der Waals surface area contributed by atoms with Crippen LogP contribution < -0.4 is 10.6 Å². The molecule has 2 N–H and O–H groups in total. The summed E-state index contributed by atoms with van der Waals surface area (Å²) < 4.78 is 0. The van der Waals surface area contributed by atoms with Crippen molar-refractivity contribution < 1.29 is 0 Å². The maximum atomic E-state index is 4.50. The number of rotatable bonds is 7. The summed E-state index contributed by atoms with van der Waals surface area (Å²) in [5.74, 6) is 2.58. The van der Waals surface area contributed by atoms with Gasteiger partial charge in [-0.3, -0.25) is 0 Å². The molecule has 2 rings (SSSR count). The van der Waals surface area contributed by atoms with Crippen molar-refractivity contribution in [3.63, 3.8) is 0 Å². The van der Waals surface area contributed by atoms with Gasteiger partial charge < -0.3 is 10.6 Å². The van der Waals surface area contributed by atoms with Crippen LogP contribution in [0.2, 0.25) is 0 Å². The molecule has 0 aliphatic carbocycles. The van der Waals surface area contributed by atoms with E-state index >= 15 is 0 Å². The minimum absolute atomic E-state index is 0.692. The molecule has 0 fully saturated rings. The van der Waals surface area contributed by atoms with E-state index in [0.29, 0.717) is 6.54 Å². The Labute approximate surface area is 123 Å². The van der Waals surface area contributed by atoms with Crippen molar-refractivity contribution in [2.45, 2.75) is 40.2 Å². The molecule has 6 heteroatoms. The Bertz CT molecular complexity index is 552. The second-order valence-corrected chi connectivity index (χ2v) is 5.61. The average Bonchev–Trinajstić information content (AvgIpc) is 2.88. The predicted molar refractivity (Wildman–Crippen MR) is 84.4 cm³/mol. The molecule has 0 aliphatic heterocycles. The zero-order valence-electron chi connectivity index (χ0n) is 12.2. The lowest BCUT2D eigenvalue weighted by molar-refractivity contribution is 0.910. The van der Waals surface area contributed by atoms with Gasteiger partial charge in [0.1, 0.15) is 17.5 Å². The summed E-state index contributed by atoms with van der Waals surface area (Å²) in [6.07, 6.45) is 1.90. The Morgan fingerprint density at radius 3 is 2.45 bits per heavy atom. The molecule has 5 nitrogen and oxygen atoms in total. The highest BCUT2D eigenvalue weighted by Crippen LogP contribution is 2.14. The fourth-order valence-electron chi connectivity index (χ4n) is 1.76. The number of aryl methyl sites for hydroxylation is 2. The molecule has 0 atom stereocenters. The second kappa shape index (κ2) is 7.19. The molecule has 2 aromatic rings. The van der Waals surface area contributed by atoms with E-state index in [4.69, 9.17) is 0 Å². The summed E-state index contributed by atoms with van der Waals surface area (Å²) >= 11 is 1.67. The van der Waals surface area contributed by atoms with Crippen LogP contribution >= 0.6 is 11.3 Å². The van der Waals surface area contributed by atoms with Gasteiger partial charge in [-0.2, -0.15) is 0 Å². The van der Waals surface area contributed by atoms with Gasteiger partial charge in [-0.05, 0) is 13.3 Å². The lowest BCUT2D eigenvalue weighted by Crippen LogP contribution is -2.08. The van der Waals surface area contributed by atoms with E-state index in [1.54, 1.807) is 11.3 Å². The normalized spacial score (nSPS) is 10.6. The van der Waals surface area contributed by atoms with Crippen molar-refractivity contribution in [1.29, 1.82) is 0 Å². The van der Waals surface area contributed by atoms with E-state index in [2.05, 4.69) is 44.8 Å².